The van der Waals surface area contributed by atoms with E-state index in [2.05, 4.69) is 37.4 Å². The van der Waals surface area contributed by atoms with E-state index in [1.54, 1.807) is 4.90 Å². The first-order chi connectivity index (χ1) is 9.45. The molecular formula is C17H26N2O. The molecule has 20 heavy (non-hydrogen) atoms. The van der Waals surface area contributed by atoms with Gasteiger partial charge >= 0.3 is 0 Å². The van der Waals surface area contributed by atoms with Crippen molar-refractivity contribution in [1.82, 2.24) is 10.2 Å². The smallest absolute Gasteiger partial charge is 0.239 e. The van der Waals surface area contributed by atoms with Crippen molar-refractivity contribution in [1.29, 1.82) is 0 Å². The lowest BCUT2D eigenvalue weighted by atomic mass is 9.86. The quantitative estimate of drug-likeness (QED) is 0.917. The maximum Gasteiger partial charge on any atom is 0.239 e. The van der Waals surface area contributed by atoms with E-state index >= 15 is 0 Å². The Kier molecular flexibility index (Phi) is 4.81. The fraction of sp³-hybridized carbons (Fsp3) is 0.588. The Morgan fingerprint density at radius 2 is 1.90 bits per heavy atom. The van der Waals surface area contributed by atoms with Crippen molar-refractivity contribution in [3.8, 4) is 0 Å². The highest BCUT2D eigenvalue weighted by atomic mass is 16.2. The van der Waals surface area contributed by atoms with E-state index in [-0.39, 0.29) is 11.9 Å². The highest BCUT2D eigenvalue weighted by Gasteiger charge is 2.27. The maximum atomic E-state index is 12.1. The van der Waals surface area contributed by atoms with Gasteiger partial charge in [0.25, 0.3) is 0 Å². The zero-order valence-electron chi connectivity index (χ0n) is 13.1. The van der Waals surface area contributed by atoms with Gasteiger partial charge in [0.15, 0.2) is 0 Å². The Hall–Kier alpha value is -1.35. The normalized spacial score (nSPS) is 22.6. The van der Waals surface area contributed by atoms with E-state index < -0.39 is 0 Å². The molecule has 1 N–H and O–H groups in total. The fourth-order valence-corrected chi connectivity index (χ4v) is 3.20. The molecule has 1 heterocycles. The molecule has 3 nitrogen and oxygen atoms in total. The van der Waals surface area contributed by atoms with Gasteiger partial charge in [0, 0.05) is 14.1 Å². The standard InChI is InChI=1S/C17H26N2O/c1-12-7-13(2)9-15(8-12)10-14-5-6-18-16(11-14)17(20)19(3)4/h7-9,14,16,18H,5-6,10-11H2,1-4H3. The summed E-state index contributed by atoms with van der Waals surface area (Å²) in [5.41, 5.74) is 4.06. The van der Waals surface area contributed by atoms with Crippen LogP contribution in [0.2, 0.25) is 0 Å². The van der Waals surface area contributed by atoms with Gasteiger partial charge in [-0.25, -0.2) is 0 Å². The molecule has 0 spiro atoms. The molecule has 0 radical (unpaired) electrons. The molecule has 1 aromatic carbocycles. The second kappa shape index (κ2) is 6.40. The minimum Gasteiger partial charge on any atom is -0.347 e. The van der Waals surface area contributed by atoms with Crippen LogP contribution >= 0.6 is 0 Å². The van der Waals surface area contributed by atoms with Crippen LogP contribution < -0.4 is 5.32 Å². The highest BCUT2D eigenvalue weighted by Crippen LogP contribution is 2.23. The minimum absolute atomic E-state index is 0.00495. The Labute approximate surface area is 122 Å². The highest BCUT2D eigenvalue weighted by molar-refractivity contribution is 5.81. The van der Waals surface area contributed by atoms with Crippen LogP contribution in [-0.2, 0) is 11.2 Å². The number of rotatable bonds is 3. The topological polar surface area (TPSA) is 32.3 Å². The third kappa shape index (κ3) is 3.83. The summed E-state index contributed by atoms with van der Waals surface area (Å²) in [5, 5.41) is 3.35. The van der Waals surface area contributed by atoms with Crippen molar-refractivity contribution in [2.45, 2.75) is 39.2 Å². The molecule has 1 saturated heterocycles. The number of carbonyl (C=O) groups excluding carboxylic acids is 1. The zero-order valence-corrected chi connectivity index (χ0v) is 13.1. The third-order valence-electron chi connectivity index (χ3n) is 4.06. The summed E-state index contributed by atoms with van der Waals surface area (Å²) >= 11 is 0. The number of nitrogens with zero attached hydrogens (tertiary/aromatic N) is 1. The predicted molar refractivity (Wildman–Crippen MR) is 82.8 cm³/mol. The number of carbonyl (C=O) groups is 1. The lowest BCUT2D eigenvalue weighted by molar-refractivity contribution is -0.131. The van der Waals surface area contributed by atoms with Gasteiger partial charge in [-0.3, -0.25) is 4.79 Å². The van der Waals surface area contributed by atoms with Crippen molar-refractivity contribution in [3.63, 3.8) is 0 Å². The summed E-state index contributed by atoms with van der Waals surface area (Å²) in [7, 11) is 3.66. The largest absolute Gasteiger partial charge is 0.347 e. The van der Waals surface area contributed by atoms with Gasteiger partial charge in [-0.2, -0.15) is 0 Å². The van der Waals surface area contributed by atoms with Gasteiger partial charge in [-0.05, 0) is 51.1 Å². The fourth-order valence-electron chi connectivity index (χ4n) is 3.20. The minimum atomic E-state index is -0.00495. The van der Waals surface area contributed by atoms with E-state index in [0.29, 0.717) is 5.92 Å². The van der Waals surface area contributed by atoms with Crippen LogP contribution in [-0.4, -0.2) is 37.5 Å². The van der Waals surface area contributed by atoms with Gasteiger partial charge in [0.05, 0.1) is 6.04 Å². The summed E-state index contributed by atoms with van der Waals surface area (Å²) in [4.78, 5) is 13.8. The molecule has 1 aliphatic heterocycles. The molecule has 0 aliphatic carbocycles. The first-order valence-corrected chi connectivity index (χ1v) is 7.47. The molecule has 3 heteroatoms. The molecule has 0 saturated carbocycles. The van der Waals surface area contributed by atoms with Crippen molar-refractivity contribution in [2.24, 2.45) is 5.92 Å². The molecule has 1 fully saturated rings. The Morgan fingerprint density at radius 3 is 2.50 bits per heavy atom. The molecule has 0 bridgehead atoms. The number of aryl methyl sites for hydroxylation is 2. The van der Waals surface area contributed by atoms with E-state index in [1.165, 1.54) is 16.7 Å². The third-order valence-corrected chi connectivity index (χ3v) is 4.06. The summed E-state index contributed by atoms with van der Waals surface area (Å²) in [5.74, 6) is 0.807. The monoisotopic (exact) mass is 274 g/mol. The van der Waals surface area contributed by atoms with Gasteiger partial charge in [0.2, 0.25) is 5.91 Å². The number of benzene rings is 1. The van der Waals surface area contributed by atoms with E-state index in [1.807, 2.05) is 14.1 Å². The summed E-state index contributed by atoms with van der Waals surface area (Å²) in [6.45, 7) is 5.24. The van der Waals surface area contributed by atoms with Crippen molar-refractivity contribution in [2.75, 3.05) is 20.6 Å². The first kappa shape index (κ1) is 15.0. The molecule has 0 aromatic heterocycles. The van der Waals surface area contributed by atoms with Crippen LogP contribution in [0.4, 0.5) is 0 Å². The van der Waals surface area contributed by atoms with E-state index in [0.717, 1.165) is 25.8 Å². The van der Waals surface area contributed by atoms with Crippen LogP contribution in [0.15, 0.2) is 18.2 Å². The number of hydrogen-bond donors (Lipinski definition) is 1. The summed E-state index contributed by atoms with van der Waals surface area (Å²) < 4.78 is 0. The van der Waals surface area contributed by atoms with Gasteiger partial charge in [-0.15, -0.1) is 0 Å². The second-order valence-corrected chi connectivity index (χ2v) is 6.33. The Balaban J connectivity index is 2.00. The average molecular weight is 274 g/mol. The molecule has 2 rings (SSSR count). The molecule has 110 valence electrons. The molecular weight excluding hydrogens is 248 g/mol. The number of likely N-dealkylation sites (N-methyl/N-ethyl adjacent to an activating group) is 1. The molecule has 1 aliphatic rings. The maximum absolute atomic E-state index is 12.1. The van der Waals surface area contributed by atoms with Gasteiger partial charge in [0.1, 0.15) is 0 Å². The number of hydrogen-bond acceptors (Lipinski definition) is 2. The lowest BCUT2D eigenvalue weighted by Gasteiger charge is -2.31. The molecule has 1 amide bonds. The Morgan fingerprint density at radius 1 is 1.25 bits per heavy atom. The van der Waals surface area contributed by atoms with Crippen molar-refractivity contribution >= 4 is 5.91 Å². The van der Waals surface area contributed by atoms with Crippen LogP contribution in [0.25, 0.3) is 0 Å². The van der Waals surface area contributed by atoms with Crippen LogP contribution in [0, 0.1) is 19.8 Å². The predicted octanol–water partition coefficient (Wildman–Crippen LogP) is 2.30. The number of nitrogens with one attached hydrogen (secondary N) is 1. The Bertz CT molecular complexity index is 462. The van der Waals surface area contributed by atoms with Crippen LogP contribution in [0.1, 0.15) is 29.5 Å². The van der Waals surface area contributed by atoms with E-state index in [9.17, 15) is 4.79 Å². The summed E-state index contributed by atoms with van der Waals surface area (Å²) in [6, 6.07) is 6.76. The van der Waals surface area contributed by atoms with E-state index in [4.69, 9.17) is 0 Å². The lowest BCUT2D eigenvalue weighted by Crippen LogP contribution is -2.48. The summed E-state index contributed by atoms with van der Waals surface area (Å²) in [6.07, 6.45) is 3.19. The zero-order chi connectivity index (χ0) is 14.7. The van der Waals surface area contributed by atoms with Crippen molar-refractivity contribution < 1.29 is 4.79 Å². The van der Waals surface area contributed by atoms with Gasteiger partial charge < -0.3 is 10.2 Å². The van der Waals surface area contributed by atoms with Crippen LogP contribution in [0.3, 0.4) is 0 Å². The van der Waals surface area contributed by atoms with Crippen LogP contribution in [0.5, 0.6) is 0 Å². The number of piperidine rings is 1. The molecule has 2 unspecified atom stereocenters. The SMILES string of the molecule is Cc1cc(C)cc(CC2CCNC(C(=O)N(C)C)C2)c1. The molecule has 2 atom stereocenters. The first-order valence-electron chi connectivity index (χ1n) is 7.47. The average Bonchev–Trinajstić information content (AvgIpc) is 2.36. The number of amides is 1. The second-order valence-electron chi connectivity index (χ2n) is 6.33. The van der Waals surface area contributed by atoms with Gasteiger partial charge in [-0.1, -0.05) is 29.3 Å². The molecule has 1 aromatic rings. The van der Waals surface area contributed by atoms with Crippen molar-refractivity contribution in [3.05, 3.63) is 34.9 Å².